The van der Waals surface area contributed by atoms with E-state index in [-0.39, 0.29) is 11.8 Å². The van der Waals surface area contributed by atoms with Gasteiger partial charge in [-0.05, 0) is 0 Å². The number of amides is 2. The molecule has 0 radical (unpaired) electrons. The van der Waals surface area contributed by atoms with Gasteiger partial charge in [-0.1, -0.05) is 13.8 Å². The van der Waals surface area contributed by atoms with Gasteiger partial charge < -0.3 is 15.0 Å². The zero-order chi connectivity index (χ0) is 22.0. The summed E-state index contributed by atoms with van der Waals surface area (Å²) in [5.41, 5.74) is 2.75. The molecule has 10 heteroatoms. The second-order valence-electron chi connectivity index (χ2n) is 8.31. The van der Waals surface area contributed by atoms with Crippen LogP contribution in [0.5, 0.6) is 0 Å². The summed E-state index contributed by atoms with van der Waals surface area (Å²) in [6.45, 7) is 9.72. The molecule has 0 aliphatic carbocycles. The van der Waals surface area contributed by atoms with Crippen LogP contribution in [0.3, 0.4) is 0 Å². The molecular formula is C21H30N6O3S. The van der Waals surface area contributed by atoms with Crippen molar-refractivity contribution >= 4 is 23.2 Å². The number of aromatic nitrogens is 3. The SMILES string of the molecule is CC(C)c1nc(C(=O)N2CCc3c(c(C(=O)NCCN4CCOCC4)nn3C)C2)cs1. The molecule has 0 saturated carbocycles. The molecule has 2 aromatic rings. The quantitative estimate of drug-likeness (QED) is 0.718. The molecule has 2 aliphatic heterocycles. The number of morpholine rings is 1. The lowest BCUT2D eigenvalue weighted by Gasteiger charge is -2.27. The lowest BCUT2D eigenvalue weighted by molar-refractivity contribution is 0.0383. The number of rotatable bonds is 6. The first-order valence-corrected chi connectivity index (χ1v) is 11.7. The van der Waals surface area contributed by atoms with Gasteiger partial charge in [0.2, 0.25) is 0 Å². The molecule has 0 bridgehead atoms. The molecule has 1 saturated heterocycles. The summed E-state index contributed by atoms with van der Waals surface area (Å²) in [6, 6.07) is 0. The molecule has 4 heterocycles. The van der Waals surface area contributed by atoms with E-state index in [4.69, 9.17) is 4.74 Å². The summed E-state index contributed by atoms with van der Waals surface area (Å²) in [4.78, 5) is 34.4. The second-order valence-corrected chi connectivity index (χ2v) is 9.20. The Balaban J connectivity index is 1.42. The van der Waals surface area contributed by atoms with Gasteiger partial charge in [0.25, 0.3) is 11.8 Å². The number of hydrogen-bond donors (Lipinski definition) is 1. The number of thiazole rings is 1. The summed E-state index contributed by atoms with van der Waals surface area (Å²) < 4.78 is 7.13. The van der Waals surface area contributed by atoms with Gasteiger partial charge in [-0.15, -0.1) is 11.3 Å². The van der Waals surface area contributed by atoms with Gasteiger partial charge in [-0.3, -0.25) is 19.2 Å². The molecule has 9 nitrogen and oxygen atoms in total. The molecule has 1 N–H and O–H groups in total. The maximum Gasteiger partial charge on any atom is 0.273 e. The Morgan fingerprint density at radius 2 is 2.03 bits per heavy atom. The Bertz CT molecular complexity index is 947. The van der Waals surface area contributed by atoms with Gasteiger partial charge in [0.1, 0.15) is 5.69 Å². The highest BCUT2D eigenvalue weighted by molar-refractivity contribution is 7.09. The van der Waals surface area contributed by atoms with Crippen molar-refractivity contribution in [1.29, 1.82) is 0 Å². The number of hydrogen-bond acceptors (Lipinski definition) is 7. The van der Waals surface area contributed by atoms with E-state index >= 15 is 0 Å². The zero-order valence-corrected chi connectivity index (χ0v) is 19.2. The van der Waals surface area contributed by atoms with Gasteiger partial charge in [-0.25, -0.2) is 4.98 Å². The predicted octanol–water partition coefficient (Wildman–Crippen LogP) is 1.26. The largest absolute Gasteiger partial charge is 0.379 e. The third kappa shape index (κ3) is 4.81. The summed E-state index contributed by atoms with van der Waals surface area (Å²) >= 11 is 1.52. The zero-order valence-electron chi connectivity index (χ0n) is 18.4. The Kier molecular flexibility index (Phi) is 6.68. The average molecular weight is 447 g/mol. The van der Waals surface area contributed by atoms with Crippen molar-refractivity contribution in [2.75, 3.05) is 45.9 Å². The van der Waals surface area contributed by atoms with E-state index < -0.39 is 0 Å². The number of nitrogens with one attached hydrogen (secondary N) is 1. The van der Waals surface area contributed by atoms with Crippen LogP contribution in [-0.4, -0.2) is 82.3 Å². The molecule has 4 rings (SSSR count). The Labute approximate surface area is 186 Å². The molecule has 168 valence electrons. The topological polar surface area (TPSA) is 92.6 Å². The standard InChI is InChI=1S/C21H30N6O3S/c1-14(2)20-23-16(13-31-20)21(29)27-6-4-17-15(12-27)18(24-25(17)3)19(28)22-5-7-26-8-10-30-11-9-26/h13-14H,4-12H2,1-3H3,(H,22,28). The lowest BCUT2D eigenvalue weighted by atomic mass is 10.0. The van der Waals surface area contributed by atoms with Gasteiger partial charge in [-0.2, -0.15) is 5.10 Å². The van der Waals surface area contributed by atoms with Crippen LogP contribution in [0.1, 0.15) is 57.0 Å². The number of ether oxygens (including phenoxy) is 1. The number of carbonyl (C=O) groups is 2. The first kappa shape index (κ1) is 21.9. The third-order valence-corrected chi connectivity index (χ3v) is 6.94. The van der Waals surface area contributed by atoms with Gasteiger partial charge in [0.15, 0.2) is 5.69 Å². The molecular weight excluding hydrogens is 416 g/mol. The minimum atomic E-state index is -0.185. The van der Waals surface area contributed by atoms with Crippen molar-refractivity contribution in [1.82, 2.24) is 29.9 Å². The number of carbonyl (C=O) groups excluding carboxylic acids is 2. The summed E-state index contributed by atoms with van der Waals surface area (Å²) in [7, 11) is 1.86. The van der Waals surface area contributed by atoms with Crippen LogP contribution >= 0.6 is 11.3 Å². The highest BCUT2D eigenvalue weighted by Crippen LogP contribution is 2.25. The maximum absolute atomic E-state index is 13.0. The Morgan fingerprint density at radius 1 is 1.26 bits per heavy atom. The molecule has 0 atom stereocenters. The van der Waals surface area contributed by atoms with Crippen LogP contribution in [0.4, 0.5) is 0 Å². The molecule has 2 aromatic heterocycles. The highest BCUT2D eigenvalue weighted by atomic mass is 32.1. The summed E-state index contributed by atoms with van der Waals surface area (Å²) in [6.07, 6.45) is 0.673. The summed E-state index contributed by atoms with van der Waals surface area (Å²) in [5.74, 6) is 0.0251. The molecule has 1 fully saturated rings. The van der Waals surface area contributed by atoms with Crippen LogP contribution in [0.15, 0.2) is 5.38 Å². The smallest absolute Gasteiger partial charge is 0.273 e. The van der Waals surface area contributed by atoms with Crippen molar-refractivity contribution in [3.8, 4) is 0 Å². The highest BCUT2D eigenvalue weighted by Gasteiger charge is 2.30. The van der Waals surface area contributed by atoms with Crippen LogP contribution in [0.25, 0.3) is 0 Å². The number of aryl methyl sites for hydroxylation is 1. The minimum absolute atomic E-state index is 0.0867. The van der Waals surface area contributed by atoms with E-state index in [0.717, 1.165) is 49.1 Å². The van der Waals surface area contributed by atoms with Gasteiger partial charge >= 0.3 is 0 Å². The first-order valence-electron chi connectivity index (χ1n) is 10.8. The van der Waals surface area contributed by atoms with Crippen molar-refractivity contribution in [3.63, 3.8) is 0 Å². The van der Waals surface area contributed by atoms with Crippen molar-refractivity contribution in [3.05, 3.63) is 33.0 Å². The van der Waals surface area contributed by atoms with Crippen LogP contribution in [-0.2, 0) is 24.8 Å². The van der Waals surface area contributed by atoms with E-state index in [9.17, 15) is 9.59 Å². The molecule has 0 aromatic carbocycles. The minimum Gasteiger partial charge on any atom is -0.379 e. The third-order valence-electron chi connectivity index (χ3n) is 5.80. The predicted molar refractivity (Wildman–Crippen MR) is 117 cm³/mol. The van der Waals surface area contributed by atoms with E-state index in [2.05, 4.69) is 34.1 Å². The van der Waals surface area contributed by atoms with Gasteiger partial charge in [0, 0.05) is 68.7 Å². The Hall–Kier alpha value is -2.30. The fourth-order valence-corrected chi connectivity index (χ4v) is 4.81. The molecule has 0 unspecified atom stereocenters. The normalized spacial score (nSPS) is 17.1. The monoisotopic (exact) mass is 446 g/mol. The van der Waals surface area contributed by atoms with Crippen LogP contribution in [0, 0.1) is 0 Å². The average Bonchev–Trinajstić information content (AvgIpc) is 3.39. The molecule has 31 heavy (non-hydrogen) atoms. The number of nitrogens with zero attached hydrogens (tertiary/aromatic N) is 5. The first-order chi connectivity index (χ1) is 14.9. The van der Waals surface area contributed by atoms with Crippen molar-refractivity contribution in [2.45, 2.75) is 32.7 Å². The second kappa shape index (κ2) is 9.46. The molecule has 2 amide bonds. The van der Waals surface area contributed by atoms with E-state index in [0.29, 0.717) is 43.4 Å². The fraction of sp³-hybridized carbons (Fsp3) is 0.619. The fourth-order valence-electron chi connectivity index (χ4n) is 4.00. The number of fused-ring (bicyclic) bond motifs is 1. The Morgan fingerprint density at radius 3 is 2.74 bits per heavy atom. The summed E-state index contributed by atoms with van der Waals surface area (Å²) in [5, 5.41) is 10.3. The van der Waals surface area contributed by atoms with Crippen LogP contribution in [0.2, 0.25) is 0 Å². The van der Waals surface area contributed by atoms with Crippen molar-refractivity contribution < 1.29 is 14.3 Å². The van der Waals surface area contributed by atoms with Crippen molar-refractivity contribution in [2.24, 2.45) is 7.05 Å². The van der Waals surface area contributed by atoms with E-state index in [1.54, 1.807) is 9.58 Å². The molecule has 2 aliphatic rings. The lowest BCUT2D eigenvalue weighted by Crippen LogP contribution is -2.41. The molecule has 0 spiro atoms. The maximum atomic E-state index is 13.0. The van der Waals surface area contributed by atoms with Crippen LogP contribution < -0.4 is 5.32 Å². The van der Waals surface area contributed by atoms with Gasteiger partial charge in [0.05, 0.1) is 24.8 Å². The van der Waals surface area contributed by atoms with E-state index in [1.165, 1.54) is 11.3 Å². The van der Waals surface area contributed by atoms with E-state index in [1.807, 2.05) is 12.4 Å².